The predicted molar refractivity (Wildman–Crippen MR) is 273 cm³/mol. The Kier molecular flexibility index (Phi) is 27.4. The maximum Gasteiger partial charge on any atom is 0.411 e. The second-order valence-corrected chi connectivity index (χ2v) is 19.3. The number of carbonyl (C=O) groups excluding carboxylic acids is 1. The van der Waals surface area contributed by atoms with Crippen LogP contribution >= 0.6 is 23.2 Å². The zero-order valence-electron chi connectivity index (χ0n) is 40.4. The number of carbonyl (C=O) groups is 1. The summed E-state index contributed by atoms with van der Waals surface area (Å²) in [5, 5.41) is 2.12. The van der Waals surface area contributed by atoms with Gasteiger partial charge >= 0.3 is 6.09 Å². The summed E-state index contributed by atoms with van der Waals surface area (Å²) in [6.45, 7) is 13.1. The topological polar surface area (TPSA) is 67.2 Å². The van der Waals surface area contributed by atoms with E-state index in [1.54, 1.807) is 10.6 Å². The number of piperazine rings is 1. The normalized spacial score (nSPS) is 13.7. The molecule has 0 aliphatic carbocycles. The summed E-state index contributed by atoms with van der Waals surface area (Å²) in [5.74, 6) is 0.706. The number of pyridine rings is 1. The molecule has 1 saturated heterocycles. The summed E-state index contributed by atoms with van der Waals surface area (Å²) < 4.78 is 14.0. The van der Waals surface area contributed by atoms with Gasteiger partial charge in [0.25, 0.3) is 5.56 Å². The minimum Gasteiger partial charge on any atom is -0.494 e. The summed E-state index contributed by atoms with van der Waals surface area (Å²) in [6.07, 6.45) is 31.6. The van der Waals surface area contributed by atoms with Gasteiger partial charge in [-0.15, -0.1) is 0 Å². The molecule has 2 heterocycles. The van der Waals surface area contributed by atoms with E-state index in [0.717, 1.165) is 82.3 Å². The van der Waals surface area contributed by atoms with Crippen LogP contribution in [-0.4, -0.2) is 72.9 Å². The molecule has 1 aliphatic rings. The summed E-state index contributed by atoms with van der Waals surface area (Å²) >= 11 is 12.7. The first-order valence-electron chi connectivity index (χ1n) is 26.0. The van der Waals surface area contributed by atoms with Gasteiger partial charge in [-0.2, -0.15) is 0 Å². The molecule has 1 atom stereocenters. The van der Waals surface area contributed by atoms with E-state index in [1.807, 2.05) is 54.3 Å². The molecule has 0 saturated carbocycles. The van der Waals surface area contributed by atoms with Crippen molar-refractivity contribution in [3.8, 4) is 5.75 Å². The van der Waals surface area contributed by atoms with Crippen LogP contribution in [0.2, 0.25) is 10.0 Å². The van der Waals surface area contributed by atoms with E-state index in [-0.39, 0.29) is 11.7 Å². The van der Waals surface area contributed by atoms with Gasteiger partial charge in [0.15, 0.2) is 6.23 Å². The number of unbranched alkanes of at least 4 members (excludes halogenated alkanes) is 23. The van der Waals surface area contributed by atoms with Crippen molar-refractivity contribution in [2.75, 3.05) is 57.3 Å². The van der Waals surface area contributed by atoms with Crippen LogP contribution in [-0.2, 0) is 4.74 Å². The number of amides is 1. The quantitative estimate of drug-likeness (QED) is 0.0548. The maximum atomic E-state index is 13.9. The molecule has 0 bridgehead atoms. The van der Waals surface area contributed by atoms with E-state index in [0.29, 0.717) is 41.0 Å². The Balaban J connectivity index is 1.23. The van der Waals surface area contributed by atoms with Gasteiger partial charge in [0, 0.05) is 51.4 Å². The number of benzene rings is 2. The van der Waals surface area contributed by atoms with Crippen molar-refractivity contribution < 1.29 is 14.3 Å². The molecule has 4 rings (SSSR count). The van der Waals surface area contributed by atoms with E-state index in [1.165, 1.54) is 128 Å². The summed E-state index contributed by atoms with van der Waals surface area (Å²) in [4.78, 5) is 34.0. The summed E-state index contributed by atoms with van der Waals surface area (Å²) in [5.41, 5.74) is 1.51. The number of hydrogen-bond acceptors (Lipinski definition) is 6. The first-order valence-corrected chi connectivity index (χ1v) is 26.7. The van der Waals surface area contributed by atoms with Gasteiger partial charge < -0.3 is 19.3 Å². The van der Waals surface area contributed by atoms with Crippen LogP contribution in [0.25, 0.3) is 10.9 Å². The Bertz CT molecular complexity index is 1730. The van der Waals surface area contributed by atoms with E-state index in [4.69, 9.17) is 32.7 Å². The largest absolute Gasteiger partial charge is 0.494 e. The number of ether oxygens (including phenoxy) is 2. The number of hydrogen-bond donors (Lipinski definition) is 0. The Labute approximate surface area is 398 Å². The second-order valence-electron chi connectivity index (χ2n) is 18.5. The minimum absolute atomic E-state index is 0.198. The zero-order valence-corrected chi connectivity index (χ0v) is 41.9. The highest BCUT2D eigenvalue weighted by atomic mass is 35.5. The molecule has 1 aliphatic heterocycles. The van der Waals surface area contributed by atoms with Gasteiger partial charge in [0.2, 0.25) is 0 Å². The lowest BCUT2D eigenvalue weighted by molar-refractivity contribution is 0.0380. The number of aromatic nitrogens is 1. The molecule has 2 aromatic carbocycles. The Morgan fingerprint density at radius 1 is 0.641 bits per heavy atom. The van der Waals surface area contributed by atoms with Gasteiger partial charge in [-0.25, -0.2) is 4.79 Å². The van der Waals surface area contributed by atoms with Crippen molar-refractivity contribution in [3.05, 3.63) is 68.9 Å². The molecule has 10 heteroatoms. The van der Waals surface area contributed by atoms with E-state index in [9.17, 15) is 9.59 Å². The Hall–Kier alpha value is -2.94. The molecular weight excluding hydrogens is 840 g/mol. The fraction of sp³-hybridized carbons (Fsp3) is 0.704. The molecular formula is C54H86Cl2N4O4. The first-order chi connectivity index (χ1) is 31.3. The highest BCUT2D eigenvalue weighted by molar-refractivity contribution is 6.43. The number of nitrogens with zero attached hydrogens (tertiary/aromatic N) is 4. The highest BCUT2D eigenvalue weighted by Gasteiger charge is 2.22. The van der Waals surface area contributed by atoms with Crippen molar-refractivity contribution in [2.45, 2.75) is 194 Å². The van der Waals surface area contributed by atoms with Crippen LogP contribution in [0.1, 0.15) is 194 Å². The molecule has 8 nitrogen and oxygen atoms in total. The second kappa shape index (κ2) is 32.7. The number of halogens is 2. The lowest BCUT2D eigenvalue weighted by Gasteiger charge is -2.36. The zero-order chi connectivity index (χ0) is 45.6. The third-order valence-corrected chi connectivity index (χ3v) is 14.0. The molecule has 1 aromatic heterocycles. The predicted octanol–water partition coefficient (Wildman–Crippen LogP) is 15.6. The van der Waals surface area contributed by atoms with E-state index < -0.39 is 6.23 Å². The molecule has 64 heavy (non-hydrogen) atoms. The number of rotatable bonds is 35. The van der Waals surface area contributed by atoms with Crippen LogP contribution in [0.4, 0.5) is 10.5 Å². The number of anilines is 1. The first kappa shape index (κ1) is 53.7. The van der Waals surface area contributed by atoms with Gasteiger partial charge in [0.05, 0.1) is 27.9 Å². The minimum atomic E-state index is -0.763. The lowest BCUT2D eigenvalue weighted by atomic mass is 10.0. The molecule has 0 radical (unpaired) electrons. The van der Waals surface area contributed by atoms with Crippen LogP contribution in [0.15, 0.2) is 53.3 Å². The van der Waals surface area contributed by atoms with Crippen molar-refractivity contribution >= 4 is 45.9 Å². The van der Waals surface area contributed by atoms with Crippen LogP contribution in [0, 0.1) is 0 Å². The van der Waals surface area contributed by atoms with Crippen LogP contribution in [0.5, 0.6) is 5.75 Å². The van der Waals surface area contributed by atoms with Crippen molar-refractivity contribution in [3.63, 3.8) is 0 Å². The third kappa shape index (κ3) is 20.3. The fourth-order valence-corrected chi connectivity index (χ4v) is 9.54. The van der Waals surface area contributed by atoms with Crippen LogP contribution in [0.3, 0.4) is 0 Å². The van der Waals surface area contributed by atoms with Crippen molar-refractivity contribution in [1.82, 2.24) is 14.4 Å². The van der Waals surface area contributed by atoms with Crippen LogP contribution < -0.4 is 15.2 Å². The summed E-state index contributed by atoms with van der Waals surface area (Å²) in [6, 6.07) is 15.1. The average molecular weight is 926 g/mol. The monoisotopic (exact) mass is 925 g/mol. The Morgan fingerprint density at radius 2 is 1.16 bits per heavy atom. The molecule has 0 N–H and O–H groups in total. The molecule has 1 fully saturated rings. The fourth-order valence-electron chi connectivity index (χ4n) is 9.13. The van der Waals surface area contributed by atoms with Gasteiger partial charge in [0.1, 0.15) is 5.75 Å². The Morgan fingerprint density at radius 3 is 1.70 bits per heavy atom. The van der Waals surface area contributed by atoms with Gasteiger partial charge in [-0.05, 0) is 74.9 Å². The molecule has 1 amide bonds. The summed E-state index contributed by atoms with van der Waals surface area (Å²) in [7, 11) is 0. The standard InChI is InChI=1S/C54H86Cl2N4O4/c1-4-6-8-10-12-14-16-18-20-22-24-26-38-59(39-27-25-23-21-19-17-15-13-11-9-7-5-2)54(62)64-46(3)60-51-45-48(35-33-47(51)34-36-52(60)61)63-44-29-28-37-57-40-42-58(43-41-57)50-32-30-31-49(55)53(50)56/h30-36,45-46H,4-29,37-44H2,1-3H3. The molecule has 1 unspecified atom stereocenters. The molecule has 3 aromatic rings. The number of fused-ring (bicyclic) bond motifs is 1. The van der Waals surface area contributed by atoms with Crippen molar-refractivity contribution in [1.29, 1.82) is 0 Å². The third-order valence-electron chi connectivity index (χ3n) is 13.1. The van der Waals surface area contributed by atoms with E-state index in [2.05, 4.69) is 23.6 Å². The smallest absolute Gasteiger partial charge is 0.411 e. The van der Waals surface area contributed by atoms with Crippen molar-refractivity contribution in [2.24, 2.45) is 0 Å². The molecule has 0 spiro atoms. The van der Waals surface area contributed by atoms with E-state index >= 15 is 0 Å². The van der Waals surface area contributed by atoms with Gasteiger partial charge in [-0.3, -0.25) is 14.3 Å². The maximum absolute atomic E-state index is 13.9. The molecule has 360 valence electrons. The highest BCUT2D eigenvalue weighted by Crippen LogP contribution is 2.33. The SMILES string of the molecule is CCCCCCCCCCCCCCN(CCCCCCCCCCCCCC)C(=O)OC(C)n1c(=O)ccc2ccc(OCCCCN3CCN(c4cccc(Cl)c4Cl)CC3)cc21. The lowest BCUT2D eigenvalue weighted by Crippen LogP contribution is -2.46. The average Bonchev–Trinajstić information content (AvgIpc) is 3.29. The van der Waals surface area contributed by atoms with Gasteiger partial charge in [-0.1, -0.05) is 184 Å².